The Balaban J connectivity index is 1.07. The van der Waals surface area contributed by atoms with Crippen molar-refractivity contribution in [1.82, 2.24) is 20.6 Å². The van der Waals surface area contributed by atoms with Gasteiger partial charge >= 0.3 is 0 Å². The van der Waals surface area contributed by atoms with Crippen molar-refractivity contribution in [2.45, 2.75) is 86.5 Å². The third-order valence-corrected chi connectivity index (χ3v) is 13.1. The van der Waals surface area contributed by atoms with Gasteiger partial charge in [-0.2, -0.15) is 8.78 Å². The van der Waals surface area contributed by atoms with Crippen LogP contribution in [0, 0.1) is 5.92 Å². The van der Waals surface area contributed by atoms with Gasteiger partial charge in [0.2, 0.25) is 17.7 Å². The number of benzene rings is 1. The Hall–Kier alpha value is -3.43. The van der Waals surface area contributed by atoms with Gasteiger partial charge in [0, 0.05) is 24.0 Å². The molecular formula is C36H38BrF3N6O3S2. The zero-order valence-electron chi connectivity index (χ0n) is 28.7. The lowest BCUT2D eigenvalue weighted by molar-refractivity contribution is -0.132. The third-order valence-electron chi connectivity index (χ3n) is 10.2. The van der Waals surface area contributed by atoms with Crippen LogP contribution >= 0.6 is 39.5 Å². The zero-order valence-corrected chi connectivity index (χ0v) is 31.9. The van der Waals surface area contributed by atoms with E-state index in [-0.39, 0.29) is 40.5 Å². The summed E-state index contributed by atoms with van der Waals surface area (Å²) in [6, 6.07) is 13.5. The number of halogens is 4. The molecule has 6 atom stereocenters. The maximum absolute atomic E-state index is 15.6. The van der Waals surface area contributed by atoms with E-state index in [0.717, 1.165) is 42.7 Å². The van der Waals surface area contributed by atoms with Crippen molar-refractivity contribution in [3.05, 3.63) is 87.8 Å². The maximum atomic E-state index is 15.6. The number of nitrogens with zero attached hydrogens (tertiary/aromatic N) is 4. The Morgan fingerprint density at radius 2 is 1.73 bits per heavy atom. The van der Waals surface area contributed by atoms with Crippen LogP contribution in [0.3, 0.4) is 0 Å². The SMILES string of the molecule is COc1cc(C(F)(F)C2(C)SC(=NCc3ccc(C4(C)CCC([C@H](C)N=C5NC(=O)C(C)(C(F)c6ccnc(Br)c6)S5)C4)cc3)NC2=O)ccn1. The number of amidine groups is 2. The van der Waals surface area contributed by atoms with Gasteiger partial charge in [-0.15, -0.1) is 0 Å². The van der Waals surface area contributed by atoms with Crippen LogP contribution < -0.4 is 15.4 Å². The highest BCUT2D eigenvalue weighted by molar-refractivity contribution is 9.10. The number of nitrogens with one attached hydrogen (secondary N) is 2. The van der Waals surface area contributed by atoms with Crippen molar-refractivity contribution in [2.75, 3.05) is 7.11 Å². The van der Waals surface area contributed by atoms with E-state index < -0.39 is 33.4 Å². The number of amides is 2. The highest BCUT2D eigenvalue weighted by atomic mass is 79.9. The number of hydrogen-bond donors (Lipinski definition) is 2. The van der Waals surface area contributed by atoms with Gasteiger partial charge < -0.3 is 15.4 Å². The van der Waals surface area contributed by atoms with Gasteiger partial charge in [0.05, 0.1) is 19.7 Å². The first-order valence-electron chi connectivity index (χ1n) is 16.4. The smallest absolute Gasteiger partial charge is 0.296 e. The van der Waals surface area contributed by atoms with Crippen molar-refractivity contribution >= 4 is 61.6 Å². The summed E-state index contributed by atoms with van der Waals surface area (Å²) in [5.41, 5.74) is 1.96. The molecule has 1 saturated carbocycles. The predicted molar refractivity (Wildman–Crippen MR) is 198 cm³/mol. The molecule has 9 nitrogen and oxygen atoms in total. The summed E-state index contributed by atoms with van der Waals surface area (Å²) in [5.74, 6) is -4.45. The molecule has 0 spiro atoms. The molecule has 51 heavy (non-hydrogen) atoms. The first-order valence-corrected chi connectivity index (χ1v) is 18.9. The standard InChI is InChI=1S/C36H38BrF3N6O3S2/c1-20(44-32-45-29(47)34(3,50-32)28(38)22-11-14-41-26(37)16-22)23-10-13-33(2,18-23)24-8-6-21(7-9-24)19-43-31-46-30(48)35(4,51-31)36(39,40)25-12-15-42-27(17-25)49-5/h6-9,11-12,14-17,20,23,28H,10,13,18-19H2,1-5H3,(H,43,46,48)(H,44,45,47)/t20-,23?,28?,33?,34?,35?/m0/s1. The fourth-order valence-electron chi connectivity index (χ4n) is 6.79. The summed E-state index contributed by atoms with van der Waals surface area (Å²) in [5, 5.41) is 5.91. The minimum absolute atomic E-state index is 0.0344. The first kappa shape index (κ1) is 37.3. The van der Waals surface area contributed by atoms with Crippen LogP contribution in [-0.2, 0) is 27.5 Å². The lowest BCUT2D eigenvalue weighted by Crippen LogP contribution is -2.47. The number of pyridine rings is 2. The number of aliphatic imine (C=N–C) groups is 2. The number of aromatic nitrogens is 2. The molecule has 2 amide bonds. The molecule has 2 saturated heterocycles. The zero-order chi connectivity index (χ0) is 36.8. The molecule has 1 aliphatic carbocycles. The normalized spacial score (nSPS) is 29.3. The highest BCUT2D eigenvalue weighted by Crippen LogP contribution is 2.51. The topological polar surface area (TPSA) is 118 Å². The van der Waals surface area contributed by atoms with Crippen molar-refractivity contribution in [2.24, 2.45) is 15.9 Å². The molecule has 2 aliphatic heterocycles. The summed E-state index contributed by atoms with van der Waals surface area (Å²) in [4.78, 5) is 43.0. The van der Waals surface area contributed by atoms with E-state index in [1.807, 2.05) is 19.1 Å². The van der Waals surface area contributed by atoms with Crippen LogP contribution in [0.4, 0.5) is 13.2 Å². The highest BCUT2D eigenvalue weighted by Gasteiger charge is 2.61. The van der Waals surface area contributed by atoms with E-state index in [1.165, 1.54) is 38.1 Å². The third kappa shape index (κ3) is 7.17. The van der Waals surface area contributed by atoms with Crippen LogP contribution in [-0.4, -0.2) is 54.8 Å². The van der Waals surface area contributed by atoms with Crippen LogP contribution in [0.5, 0.6) is 5.88 Å². The number of carbonyl (C=O) groups is 2. The Kier molecular flexibility index (Phi) is 10.4. The van der Waals surface area contributed by atoms with Crippen LogP contribution in [0.1, 0.15) is 75.4 Å². The predicted octanol–water partition coefficient (Wildman–Crippen LogP) is 7.65. The Labute approximate surface area is 311 Å². The Bertz CT molecular complexity index is 1900. The van der Waals surface area contributed by atoms with E-state index in [0.29, 0.717) is 27.1 Å². The summed E-state index contributed by atoms with van der Waals surface area (Å²) >= 11 is 5.11. The molecule has 6 rings (SSSR count). The Morgan fingerprint density at radius 1 is 1.02 bits per heavy atom. The fourth-order valence-corrected chi connectivity index (χ4v) is 9.37. The molecule has 3 aromatic rings. The molecule has 5 unspecified atom stereocenters. The molecule has 270 valence electrons. The maximum Gasteiger partial charge on any atom is 0.296 e. The van der Waals surface area contributed by atoms with Crippen LogP contribution in [0.25, 0.3) is 0 Å². The number of thioether (sulfide) groups is 2. The van der Waals surface area contributed by atoms with Gasteiger partial charge in [0.15, 0.2) is 15.1 Å². The molecule has 1 aromatic carbocycles. The van der Waals surface area contributed by atoms with Gasteiger partial charge in [-0.05, 0) is 102 Å². The molecular weight excluding hydrogens is 765 g/mol. The van der Waals surface area contributed by atoms with Crippen molar-refractivity contribution < 1.29 is 27.5 Å². The second-order valence-electron chi connectivity index (χ2n) is 13.7. The van der Waals surface area contributed by atoms with Crippen molar-refractivity contribution in [3.8, 4) is 5.88 Å². The van der Waals surface area contributed by atoms with Crippen LogP contribution in [0.2, 0.25) is 0 Å². The minimum Gasteiger partial charge on any atom is -0.481 e. The molecule has 0 radical (unpaired) electrons. The van der Waals surface area contributed by atoms with E-state index in [1.54, 1.807) is 19.1 Å². The number of methoxy groups -OCH3 is 1. The monoisotopic (exact) mass is 802 g/mol. The van der Waals surface area contributed by atoms with Crippen molar-refractivity contribution in [3.63, 3.8) is 0 Å². The van der Waals surface area contributed by atoms with Gasteiger partial charge in [0.25, 0.3) is 5.92 Å². The number of alkyl halides is 3. The van der Waals surface area contributed by atoms with Crippen molar-refractivity contribution in [1.29, 1.82) is 0 Å². The second kappa shape index (κ2) is 14.2. The number of ether oxygens (including phenoxy) is 1. The molecule has 4 heterocycles. The van der Waals surface area contributed by atoms with Crippen LogP contribution in [0.15, 0.2) is 75.5 Å². The lowest BCUT2D eigenvalue weighted by Gasteiger charge is -2.30. The fraction of sp³-hybridized carbons (Fsp3) is 0.444. The largest absolute Gasteiger partial charge is 0.481 e. The van der Waals surface area contributed by atoms with E-state index in [2.05, 4.69) is 60.6 Å². The summed E-state index contributed by atoms with van der Waals surface area (Å²) in [6.07, 6.45) is 3.97. The number of carbonyl (C=O) groups excluding carboxylic acids is 2. The van der Waals surface area contributed by atoms with Gasteiger partial charge in [-0.3, -0.25) is 19.6 Å². The summed E-state index contributed by atoms with van der Waals surface area (Å²) < 4.78 is 49.0. The molecule has 2 N–H and O–H groups in total. The lowest BCUT2D eigenvalue weighted by atomic mass is 9.79. The second-order valence-corrected chi connectivity index (χ2v) is 17.4. The molecule has 15 heteroatoms. The minimum atomic E-state index is -3.52. The number of hydrogen-bond acceptors (Lipinski definition) is 9. The summed E-state index contributed by atoms with van der Waals surface area (Å²) in [7, 11) is 1.34. The molecule has 2 aromatic heterocycles. The molecule has 0 bridgehead atoms. The van der Waals surface area contributed by atoms with E-state index in [9.17, 15) is 9.59 Å². The quantitative estimate of drug-likeness (QED) is 0.202. The number of rotatable bonds is 10. The molecule has 3 fully saturated rings. The van der Waals surface area contributed by atoms with Gasteiger partial charge in [-0.1, -0.05) is 54.7 Å². The average Bonchev–Trinajstić information content (AvgIpc) is 3.76. The van der Waals surface area contributed by atoms with E-state index in [4.69, 9.17) is 9.73 Å². The first-order chi connectivity index (χ1) is 24.1. The van der Waals surface area contributed by atoms with E-state index >= 15 is 13.2 Å². The summed E-state index contributed by atoms with van der Waals surface area (Å²) in [6.45, 7) is 7.29. The average molecular weight is 804 g/mol. The Morgan fingerprint density at radius 3 is 2.43 bits per heavy atom. The van der Waals surface area contributed by atoms with Gasteiger partial charge in [0.1, 0.15) is 15.5 Å². The molecule has 3 aliphatic rings. The van der Waals surface area contributed by atoms with Gasteiger partial charge in [-0.25, -0.2) is 14.4 Å².